The summed E-state index contributed by atoms with van der Waals surface area (Å²) in [4.78, 5) is 10.4. The molecule has 12 nitrogen and oxygen atoms in total. The molecule has 2 aromatic heterocycles. The van der Waals surface area contributed by atoms with Crippen molar-refractivity contribution in [3.05, 3.63) is 107 Å². The lowest BCUT2D eigenvalue weighted by Gasteiger charge is -2.24. The number of ether oxygens (including phenoxy) is 2. The molecule has 0 amide bonds. The van der Waals surface area contributed by atoms with Gasteiger partial charge in [0.15, 0.2) is 0 Å². The van der Waals surface area contributed by atoms with Crippen LogP contribution in [0.3, 0.4) is 0 Å². The topological polar surface area (TPSA) is 127 Å². The van der Waals surface area contributed by atoms with E-state index in [0.29, 0.717) is 46.4 Å². The summed E-state index contributed by atoms with van der Waals surface area (Å²) in [6.45, 7) is 29.4. The molecule has 0 bridgehead atoms. The lowest BCUT2D eigenvalue weighted by Crippen LogP contribution is -2.28. The zero-order chi connectivity index (χ0) is 53.3. The summed E-state index contributed by atoms with van der Waals surface area (Å²) < 4.78 is 12.5. The number of unbranched alkanes of at least 4 members (excludes halogenated alkanes) is 4. The Balaban J connectivity index is 0.000000244. The Labute approximate surface area is 450 Å². The largest absolute Gasteiger partial charge is 0.505 e. The highest BCUT2D eigenvalue weighted by atomic mass is 35.5. The molecule has 2 N–H and O–H groups in total. The van der Waals surface area contributed by atoms with Crippen molar-refractivity contribution in [2.75, 3.05) is 52.5 Å². The Morgan fingerprint density at radius 3 is 1.32 bits per heavy atom. The number of nitrogens with zero attached hydrogens (tertiary/aromatic N) is 8. The minimum atomic E-state index is -0.276. The number of halogens is 1. The molecule has 5 aromatic carbocycles. The third-order valence-corrected chi connectivity index (χ3v) is 14.2. The van der Waals surface area contributed by atoms with Gasteiger partial charge in [0.2, 0.25) is 0 Å². The molecular weight excluding hydrogens is 964 g/mol. The molecule has 400 valence electrons. The summed E-state index contributed by atoms with van der Waals surface area (Å²) in [5, 5.41) is 41.6. The summed E-state index contributed by atoms with van der Waals surface area (Å²) in [6, 6.07) is 29.3. The molecule has 0 aliphatic carbocycles. The fourth-order valence-corrected chi connectivity index (χ4v) is 9.68. The van der Waals surface area contributed by atoms with Crippen LogP contribution in [-0.2, 0) is 10.8 Å². The van der Waals surface area contributed by atoms with Gasteiger partial charge in [0.05, 0.1) is 13.2 Å². The Morgan fingerprint density at radius 1 is 0.486 bits per heavy atom. The van der Waals surface area contributed by atoms with Gasteiger partial charge in [-0.1, -0.05) is 136 Å². The predicted molar refractivity (Wildman–Crippen MR) is 307 cm³/mol. The van der Waals surface area contributed by atoms with E-state index < -0.39 is 0 Å². The van der Waals surface area contributed by atoms with Crippen LogP contribution >= 0.6 is 23.4 Å². The molecule has 7 rings (SSSR count). The number of rotatable bonds is 26. The van der Waals surface area contributed by atoms with Crippen LogP contribution < -0.4 is 9.47 Å². The number of phenols is 2. The number of hydrogen-bond donors (Lipinski definition) is 2. The lowest BCUT2D eigenvalue weighted by molar-refractivity contribution is 0.228. The SMILES string of the molecule is CCCCN(CCCC)CCCOc1cc(-n2nc3ccc(Cl)cc3n2)c(O)c(C(C)(C)C)c1.CCCCN(CCCC)CCCOc1cc(-n2nc3ccc(Sc4ccccc4)cc3n2)c(O)c(C(C)(C)C)c1. The van der Waals surface area contributed by atoms with Gasteiger partial charge in [0.1, 0.15) is 56.4 Å². The van der Waals surface area contributed by atoms with Crippen LogP contribution in [0.5, 0.6) is 23.0 Å². The van der Waals surface area contributed by atoms with Crippen LogP contribution in [0.15, 0.2) is 101 Å². The van der Waals surface area contributed by atoms with Gasteiger partial charge in [0.25, 0.3) is 0 Å². The van der Waals surface area contributed by atoms with Gasteiger partial charge in [0, 0.05) is 51.2 Å². The summed E-state index contributed by atoms with van der Waals surface area (Å²) in [5.41, 5.74) is 5.04. The highest BCUT2D eigenvalue weighted by Gasteiger charge is 2.26. The van der Waals surface area contributed by atoms with Crippen LogP contribution in [0.4, 0.5) is 0 Å². The molecule has 0 fully saturated rings. The molecule has 0 atom stereocenters. The van der Waals surface area contributed by atoms with Crippen LogP contribution in [0.25, 0.3) is 33.4 Å². The number of hydrogen-bond acceptors (Lipinski definition) is 11. The lowest BCUT2D eigenvalue weighted by atomic mass is 9.86. The van der Waals surface area contributed by atoms with Crippen molar-refractivity contribution in [2.24, 2.45) is 0 Å². The first kappa shape index (κ1) is 57.9. The second-order valence-electron chi connectivity index (χ2n) is 21.4. The molecule has 2 heterocycles. The highest BCUT2D eigenvalue weighted by Crippen LogP contribution is 2.40. The summed E-state index contributed by atoms with van der Waals surface area (Å²) in [5.74, 6) is 1.79. The monoisotopic (exact) mass is 1050 g/mol. The zero-order valence-electron chi connectivity index (χ0n) is 46.0. The van der Waals surface area contributed by atoms with Crippen molar-refractivity contribution < 1.29 is 19.7 Å². The van der Waals surface area contributed by atoms with E-state index >= 15 is 0 Å². The molecule has 7 aromatic rings. The van der Waals surface area contributed by atoms with E-state index in [0.717, 1.165) is 84.9 Å². The third kappa shape index (κ3) is 16.8. The summed E-state index contributed by atoms with van der Waals surface area (Å²) in [6.07, 6.45) is 11.7. The molecular formula is C60H83ClN8O4S. The Morgan fingerprint density at radius 2 is 0.892 bits per heavy atom. The maximum atomic E-state index is 11.3. The van der Waals surface area contributed by atoms with Gasteiger partial charge < -0.3 is 29.5 Å². The van der Waals surface area contributed by atoms with Crippen molar-refractivity contribution in [3.63, 3.8) is 0 Å². The average Bonchev–Trinajstić information content (AvgIpc) is 4.00. The Hall–Kier alpha value is -5.34. The summed E-state index contributed by atoms with van der Waals surface area (Å²) >= 11 is 7.81. The smallest absolute Gasteiger partial charge is 0.147 e. The number of benzene rings is 5. The van der Waals surface area contributed by atoms with E-state index in [2.05, 4.69) is 107 Å². The molecule has 0 saturated carbocycles. The average molecular weight is 1050 g/mol. The van der Waals surface area contributed by atoms with Crippen LogP contribution in [0, 0.1) is 0 Å². The van der Waals surface area contributed by atoms with Crippen molar-refractivity contribution >= 4 is 45.4 Å². The number of fused-ring (bicyclic) bond motifs is 2. The molecule has 0 aliphatic heterocycles. The van der Waals surface area contributed by atoms with Crippen molar-refractivity contribution in [1.82, 2.24) is 39.8 Å². The van der Waals surface area contributed by atoms with Gasteiger partial charge in [-0.2, -0.15) is 0 Å². The number of aromatic nitrogens is 6. The first-order chi connectivity index (χ1) is 35.5. The number of phenolic OH excluding ortho intramolecular Hbond substituents is 2. The van der Waals surface area contributed by atoms with E-state index in [-0.39, 0.29) is 22.3 Å². The molecule has 0 spiro atoms. The quantitative estimate of drug-likeness (QED) is 0.0503. The van der Waals surface area contributed by atoms with E-state index in [4.69, 9.17) is 31.3 Å². The molecule has 74 heavy (non-hydrogen) atoms. The first-order valence-electron chi connectivity index (χ1n) is 27.1. The van der Waals surface area contributed by atoms with Gasteiger partial charge in [-0.05, 0) is 136 Å². The normalized spacial score (nSPS) is 12.0. The molecule has 0 unspecified atom stereocenters. The zero-order valence-corrected chi connectivity index (χ0v) is 47.5. The standard InChI is InChI=1S/C33H44N4O2S.C27H39ClN4O2/c1-6-8-18-36(19-9-7-2)20-13-21-39-25-22-28(33(3,4)5)32(38)31(23-25)37-34-29-17-16-27(24-30(29)35-37)40-26-14-11-10-12-15-26;1-6-8-13-31(14-9-7-2)15-10-16-34-21-18-22(27(3,4)5)26(33)25(19-21)32-29-23-12-11-20(28)17-24(23)30-32/h10-12,14-17,22-24,38H,6-9,13,18-21H2,1-5H3;11-12,17-19,33H,6-10,13-16H2,1-5H3. The van der Waals surface area contributed by atoms with Gasteiger partial charge in [-0.25, -0.2) is 0 Å². The molecule has 14 heteroatoms. The van der Waals surface area contributed by atoms with Gasteiger partial charge >= 0.3 is 0 Å². The maximum absolute atomic E-state index is 11.3. The van der Waals surface area contributed by atoms with Crippen LogP contribution in [0.1, 0.15) is 145 Å². The van der Waals surface area contributed by atoms with E-state index in [9.17, 15) is 10.2 Å². The van der Waals surface area contributed by atoms with Crippen molar-refractivity contribution in [3.8, 4) is 34.4 Å². The predicted octanol–water partition coefficient (Wildman–Crippen LogP) is 15.0. The second-order valence-corrected chi connectivity index (χ2v) is 22.9. The van der Waals surface area contributed by atoms with Gasteiger partial charge in [-0.3, -0.25) is 0 Å². The Bertz CT molecular complexity index is 2800. The van der Waals surface area contributed by atoms with Crippen LogP contribution in [0.2, 0.25) is 5.02 Å². The van der Waals surface area contributed by atoms with Gasteiger partial charge in [-0.15, -0.1) is 30.0 Å². The van der Waals surface area contributed by atoms with E-state index in [1.165, 1.54) is 65.9 Å². The van der Waals surface area contributed by atoms with Crippen molar-refractivity contribution in [2.45, 2.75) is 154 Å². The number of aromatic hydroxyl groups is 2. The first-order valence-corrected chi connectivity index (χ1v) is 28.3. The molecule has 0 saturated heterocycles. The minimum Gasteiger partial charge on any atom is -0.505 e. The van der Waals surface area contributed by atoms with E-state index in [1.807, 2.05) is 60.7 Å². The fraction of sp³-hybridized carbons (Fsp3) is 0.500. The second kappa shape index (κ2) is 28.0. The molecule has 0 aliphatic rings. The maximum Gasteiger partial charge on any atom is 0.147 e. The Kier molecular flexibility index (Phi) is 21.9. The van der Waals surface area contributed by atoms with Crippen LogP contribution in [-0.4, -0.2) is 102 Å². The fourth-order valence-electron chi connectivity index (χ4n) is 8.64. The van der Waals surface area contributed by atoms with E-state index in [1.54, 1.807) is 23.9 Å². The van der Waals surface area contributed by atoms with Crippen molar-refractivity contribution in [1.29, 1.82) is 0 Å². The summed E-state index contributed by atoms with van der Waals surface area (Å²) in [7, 11) is 0. The highest BCUT2D eigenvalue weighted by molar-refractivity contribution is 7.99. The minimum absolute atomic E-state index is 0.163. The third-order valence-electron chi connectivity index (χ3n) is 12.9. The molecule has 0 radical (unpaired) electrons.